The summed E-state index contributed by atoms with van der Waals surface area (Å²) in [5.41, 5.74) is 0.164. The van der Waals surface area contributed by atoms with E-state index in [4.69, 9.17) is 4.74 Å². The maximum Gasteiger partial charge on any atom is 0.410 e. The van der Waals surface area contributed by atoms with Gasteiger partial charge in [0.25, 0.3) is 0 Å². The van der Waals surface area contributed by atoms with Crippen molar-refractivity contribution in [3.63, 3.8) is 0 Å². The Morgan fingerprint density at radius 2 is 2.17 bits per heavy atom. The van der Waals surface area contributed by atoms with Crippen molar-refractivity contribution in [1.29, 1.82) is 0 Å². The average molecular weight is 270 g/mol. The molecule has 1 aromatic heterocycles. The van der Waals surface area contributed by atoms with Gasteiger partial charge in [0.15, 0.2) is 11.3 Å². The van der Waals surface area contributed by atoms with Crippen molar-refractivity contribution in [3.8, 4) is 0 Å². The highest BCUT2D eigenvalue weighted by Gasteiger charge is 2.24. The Morgan fingerprint density at radius 1 is 1.56 bits per heavy atom. The summed E-state index contributed by atoms with van der Waals surface area (Å²) in [5.74, 6) is 0. The molecule has 5 nitrogen and oxygen atoms in total. The van der Waals surface area contributed by atoms with E-state index in [2.05, 4.69) is 4.98 Å². The first-order chi connectivity index (χ1) is 8.24. The zero-order valence-corrected chi connectivity index (χ0v) is 12.1. The van der Waals surface area contributed by atoms with E-state index in [1.807, 2.05) is 27.7 Å². The predicted octanol–water partition coefficient (Wildman–Crippen LogP) is 2.88. The van der Waals surface area contributed by atoms with Crippen LogP contribution in [0.2, 0.25) is 0 Å². The number of ether oxygens (including phenoxy) is 1. The summed E-state index contributed by atoms with van der Waals surface area (Å²) in [7, 11) is 1.65. The number of carbonyl (C=O) groups is 2. The second kappa shape index (κ2) is 5.48. The van der Waals surface area contributed by atoms with Crippen LogP contribution >= 0.6 is 11.3 Å². The van der Waals surface area contributed by atoms with E-state index in [9.17, 15) is 9.59 Å². The molecule has 18 heavy (non-hydrogen) atoms. The molecular weight excluding hydrogens is 252 g/mol. The molecule has 0 fully saturated rings. The number of aldehydes is 1. The molecule has 0 aromatic carbocycles. The summed E-state index contributed by atoms with van der Waals surface area (Å²) in [6.07, 6.45) is 0.296. The molecule has 100 valence electrons. The number of hydrogen-bond acceptors (Lipinski definition) is 5. The summed E-state index contributed by atoms with van der Waals surface area (Å²) in [5, 5.41) is 2.18. The summed E-state index contributed by atoms with van der Waals surface area (Å²) in [6.45, 7) is 7.29. The lowest BCUT2D eigenvalue weighted by Crippen LogP contribution is -2.35. The SMILES string of the molecule is CC(c1csc(C=O)n1)N(C)C(=O)OC(C)(C)C. The smallest absolute Gasteiger partial charge is 0.410 e. The number of rotatable bonds is 3. The largest absolute Gasteiger partial charge is 0.444 e. The molecule has 1 atom stereocenters. The zero-order chi connectivity index (χ0) is 13.9. The first-order valence-electron chi connectivity index (χ1n) is 5.61. The van der Waals surface area contributed by atoms with E-state index >= 15 is 0 Å². The fraction of sp³-hybridized carbons (Fsp3) is 0.583. The van der Waals surface area contributed by atoms with Crippen LogP contribution in [-0.4, -0.2) is 34.9 Å². The maximum absolute atomic E-state index is 11.9. The molecule has 1 aromatic rings. The molecule has 0 N–H and O–H groups in total. The lowest BCUT2D eigenvalue weighted by atomic mass is 10.2. The maximum atomic E-state index is 11.9. The topological polar surface area (TPSA) is 59.5 Å². The van der Waals surface area contributed by atoms with Gasteiger partial charge in [0.2, 0.25) is 0 Å². The Kier molecular flexibility index (Phi) is 4.45. The lowest BCUT2D eigenvalue weighted by Gasteiger charge is -2.27. The van der Waals surface area contributed by atoms with Crippen LogP contribution in [0.15, 0.2) is 5.38 Å². The van der Waals surface area contributed by atoms with Crippen molar-refractivity contribution in [2.24, 2.45) is 0 Å². The molecule has 0 aliphatic rings. The highest BCUT2D eigenvalue weighted by molar-refractivity contribution is 7.11. The Labute approximate surface area is 111 Å². The average Bonchev–Trinajstić information content (AvgIpc) is 2.73. The molecular formula is C12H18N2O3S. The molecule has 0 aliphatic carbocycles. The third kappa shape index (κ3) is 3.80. The first-order valence-corrected chi connectivity index (χ1v) is 6.49. The van der Waals surface area contributed by atoms with Gasteiger partial charge in [-0.2, -0.15) is 0 Å². The Balaban J connectivity index is 2.74. The van der Waals surface area contributed by atoms with Gasteiger partial charge in [0.05, 0.1) is 11.7 Å². The Morgan fingerprint density at radius 3 is 2.61 bits per heavy atom. The Bertz CT molecular complexity index is 437. The van der Waals surface area contributed by atoms with E-state index in [-0.39, 0.29) is 6.04 Å². The van der Waals surface area contributed by atoms with E-state index in [1.165, 1.54) is 16.2 Å². The fourth-order valence-corrected chi connectivity index (χ4v) is 1.94. The fourth-order valence-electron chi connectivity index (χ4n) is 1.24. The lowest BCUT2D eigenvalue weighted by molar-refractivity contribution is 0.0231. The van der Waals surface area contributed by atoms with Crippen LogP contribution in [0.5, 0.6) is 0 Å². The molecule has 0 saturated heterocycles. The number of nitrogens with zero attached hydrogens (tertiary/aromatic N) is 2. The van der Waals surface area contributed by atoms with Crippen LogP contribution in [0.25, 0.3) is 0 Å². The standard InChI is InChI=1S/C12H18N2O3S/c1-8(9-7-18-10(6-15)13-9)14(5)11(16)17-12(2,3)4/h6-8H,1-5H3. The zero-order valence-electron chi connectivity index (χ0n) is 11.3. The summed E-state index contributed by atoms with van der Waals surface area (Å²) >= 11 is 1.26. The van der Waals surface area contributed by atoms with Crippen LogP contribution in [-0.2, 0) is 4.74 Å². The van der Waals surface area contributed by atoms with Gasteiger partial charge in [0.1, 0.15) is 5.60 Å². The number of carbonyl (C=O) groups excluding carboxylic acids is 2. The van der Waals surface area contributed by atoms with Gasteiger partial charge in [-0.15, -0.1) is 11.3 Å². The quantitative estimate of drug-likeness (QED) is 0.792. The molecule has 0 aliphatic heterocycles. The van der Waals surface area contributed by atoms with Crippen LogP contribution in [0.3, 0.4) is 0 Å². The summed E-state index contributed by atoms with van der Waals surface area (Å²) in [6, 6.07) is -0.232. The number of amides is 1. The van der Waals surface area contributed by atoms with E-state index < -0.39 is 11.7 Å². The molecule has 0 radical (unpaired) electrons. The van der Waals surface area contributed by atoms with E-state index in [1.54, 1.807) is 12.4 Å². The van der Waals surface area contributed by atoms with E-state index in [0.29, 0.717) is 17.0 Å². The van der Waals surface area contributed by atoms with E-state index in [0.717, 1.165) is 0 Å². The van der Waals surface area contributed by atoms with Gasteiger partial charge >= 0.3 is 6.09 Å². The highest BCUT2D eigenvalue weighted by atomic mass is 32.1. The molecule has 6 heteroatoms. The molecule has 1 unspecified atom stereocenters. The highest BCUT2D eigenvalue weighted by Crippen LogP contribution is 2.22. The monoisotopic (exact) mass is 270 g/mol. The third-order valence-electron chi connectivity index (χ3n) is 2.33. The summed E-state index contributed by atoms with van der Waals surface area (Å²) < 4.78 is 5.27. The van der Waals surface area contributed by atoms with Crippen LogP contribution in [0, 0.1) is 0 Å². The van der Waals surface area contributed by atoms with Crippen LogP contribution in [0.4, 0.5) is 4.79 Å². The molecule has 1 amide bonds. The van der Waals surface area contributed by atoms with Gasteiger partial charge in [-0.3, -0.25) is 4.79 Å². The minimum absolute atomic E-state index is 0.232. The summed E-state index contributed by atoms with van der Waals surface area (Å²) in [4.78, 5) is 28.0. The van der Waals surface area contributed by atoms with Gasteiger partial charge in [0, 0.05) is 12.4 Å². The van der Waals surface area contributed by atoms with Gasteiger partial charge < -0.3 is 9.64 Å². The Hall–Kier alpha value is -1.43. The normalized spacial score (nSPS) is 12.9. The number of hydrogen-bond donors (Lipinski definition) is 0. The second-order valence-electron chi connectivity index (χ2n) is 5.00. The predicted molar refractivity (Wildman–Crippen MR) is 69.9 cm³/mol. The second-order valence-corrected chi connectivity index (χ2v) is 5.89. The van der Waals surface area contributed by atoms with Crippen molar-refractivity contribution in [3.05, 3.63) is 16.1 Å². The van der Waals surface area contributed by atoms with Gasteiger partial charge in [-0.1, -0.05) is 0 Å². The molecule has 1 rings (SSSR count). The molecule has 0 saturated carbocycles. The van der Waals surface area contributed by atoms with Crippen molar-refractivity contribution in [2.75, 3.05) is 7.05 Å². The molecule has 1 heterocycles. The minimum Gasteiger partial charge on any atom is -0.444 e. The first kappa shape index (κ1) is 14.6. The molecule has 0 spiro atoms. The van der Waals surface area contributed by atoms with Gasteiger partial charge in [-0.05, 0) is 27.7 Å². The van der Waals surface area contributed by atoms with Crippen LogP contribution < -0.4 is 0 Å². The van der Waals surface area contributed by atoms with Crippen molar-refractivity contribution in [2.45, 2.75) is 39.3 Å². The number of thiazole rings is 1. The molecule has 0 bridgehead atoms. The van der Waals surface area contributed by atoms with Gasteiger partial charge in [-0.25, -0.2) is 9.78 Å². The van der Waals surface area contributed by atoms with Crippen molar-refractivity contribution in [1.82, 2.24) is 9.88 Å². The number of aromatic nitrogens is 1. The van der Waals surface area contributed by atoms with Crippen molar-refractivity contribution < 1.29 is 14.3 Å². The third-order valence-corrected chi connectivity index (χ3v) is 3.12. The van der Waals surface area contributed by atoms with Crippen molar-refractivity contribution >= 4 is 23.7 Å². The minimum atomic E-state index is -0.527. The van der Waals surface area contributed by atoms with Crippen LogP contribution in [0.1, 0.15) is 49.2 Å².